The highest BCUT2D eigenvalue weighted by Gasteiger charge is 2.47. The van der Waals surface area contributed by atoms with Crippen molar-refractivity contribution in [2.45, 2.75) is 89.6 Å². The molecule has 0 aliphatic heterocycles. The number of aromatic nitrogens is 2. The van der Waals surface area contributed by atoms with E-state index in [4.69, 9.17) is 10.7 Å². The first-order valence-corrected chi connectivity index (χ1v) is 10.7. The summed E-state index contributed by atoms with van der Waals surface area (Å²) in [4.78, 5) is 21.3. The number of fused-ring (bicyclic) bond motifs is 3. The van der Waals surface area contributed by atoms with Gasteiger partial charge in [0.05, 0.1) is 16.9 Å². The standard InChI is InChI=1S/C22H33N3O2/c1-15-3-2-4-16(11-15)12-18-17(20(23)26)14-24-19(25-18)13-21-5-8-22(27,9-6-21)10-7-21/h14-16,27H,2-13H2,1H3,(H2,23,26)/t15-,16+,21?,22?/m0/s1. The third kappa shape index (κ3) is 4.03. The van der Waals surface area contributed by atoms with E-state index < -0.39 is 11.5 Å². The van der Waals surface area contributed by atoms with E-state index in [1.807, 2.05) is 0 Å². The molecule has 0 aromatic carbocycles. The Kier molecular flexibility index (Phi) is 5.00. The lowest BCUT2D eigenvalue weighted by molar-refractivity contribution is -0.0920. The van der Waals surface area contributed by atoms with Crippen molar-refractivity contribution in [1.82, 2.24) is 9.97 Å². The van der Waals surface area contributed by atoms with Gasteiger partial charge in [0.15, 0.2) is 0 Å². The van der Waals surface area contributed by atoms with Crippen LogP contribution < -0.4 is 5.73 Å². The molecular weight excluding hydrogens is 338 g/mol. The van der Waals surface area contributed by atoms with Gasteiger partial charge >= 0.3 is 0 Å². The topological polar surface area (TPSA) is 89.1 Å². The Labute approximate surface area is 162 Å². The zero-order chi connectivity index (χ0) is 19.1. The van der Waals surface area contributed by atoms with Gasteiger partial charge in [0.1, 0.15) is 5.82 Å². The van der Waals surface area contributed by atoms with E-state index in [2.05, 4.69) is 11.9 Å². The van der Waals surface area contributed by atoms with Crippen molar-refractivity contribution in [2.24, 2.45) is 23.0 Å². The van der Waals surface area contributed by atoms with E-state index in [0.29, 0.717) is 11.5 Å². The molecule has 27 heavy (non-hydrogen) atoms. The van der Waals surface area contributed by atoms with Crippen LogP contribution in [0, 0.1) is 17.3 Å². The first kappa shape index (κ1) is 18.9. The number of primary amides is 1. The van der Waals surface area contributed by atoms with Crippen molar-refractivity contribution in [3.8, 4) is 0 Å². The van der Waals surface area contributed by atoms with Gasteiger partial charge in [-0.3, -0.25) is 4.79 Å². The molecule has 4 saturated carbocycles. The summed E-state index contributed by atoms with van der Waals surface area (Å²) >= 11 is 0. The van der Waals surface area contributed by atoms with Crippen molar-refractivity contribution in [1.29, 1.82) is 0 Å². The first-order valence-electron chi connectivity index (χ1n) is 10.7. The number of nitrogens with two attached hydrogens (primary N) is 1. The summed E-state index contributed by atoms with van der Waals surface area (Å²) in [6, 6.07) is 0. The average molecular weight is 372 g/mol. The second-order valence-electron chi connectivity index (χ2n) is 9.75. The molecule has 3 N–H and O–H groups in total. The van der Waals surface area contributed by atoms with Crippen LogP contribution in [0.1, 0.15) is 93.0 Å². The number of rotatable bonds is 5. The summed E-state index contributed by atoms with van der Waals surface area (Å²) in [6.07, 6.45) is 14.2. The molecule has 5 rings (SSSR count). The van der Waals surface area contributed by atoms with Gasteiger partial charge in [0.25, 0.3) is 5.91 Å². The normalized spacial score (nSPS) is 35.9. The van der Waals surface area contributed by atoms with Crippen LogP contribution in [0.25, 0.3) is 0 Å². The molecule has 1 amide bonds. The monoisotopic (exact) mass is 371 g/mol. The molecule has 4 aliphatic rings. The maximum absolute atomic E-state index is 11.9. The molecule has 4 aliphatic carbocycles. The smallest absolute Gasteiger partial charge is 0.252 e. The summed E-state index contributed by atoms with van der Waals surface area (Å²) in [6.45, 7) is 2.32. The fraction of sp³-hybridized carbons (Fsp3) is 0.773. The van der Waals surface area contributed by atoms with Crippen LogP contribution in [0.2, 0.25) is 0 Å². The van der Waals surface area contributed by atoms with E-state index in [-0.39, 0.29) is 5.41 Å². The first-order chi connectivity index (χ1) is 12.9. The van der Waals surface area contributed by atoms with Crippen molar-refractivity contribution in [3.63, 3.8) is 0 Å². The molecule has 2 bridgehead atoms. The molecule has 0 spiro atoms. The van der Waals surface area contributed by atoms with Crippen molar-refractivity contribution < 1.29 is 9.90 Å². The van der Waals surface area contributed by atoms with Gasteiger partial charge in [0, 0.05) is 12.6 Å². The Bertz CT molecular complexity index is 693. The third-order valence-electron chi connectivity index (χ3n) is 7.61. The van der Waals surface area contributed by atoms with Gasteiger partial charge < -0.3 is 10.8 Å². The largest absolute Gasteiger partial charge is 0.390 e. The van der Waals surface area contributed by atoms with Crippen molar-refractivity contribution >= 4 is 5.91 Å². The van der Waals surface area contributed by atoms with E-state index >= 15 is 0 Å². The Morgan fingerprint density at radius 3 is 2.56 bits per heavy atom. The molecule has 148 valence electrons. The highest BCUT2D eigenvalue weighted by atomic mass is 16.3. The van der Waals surface area contributed by atoms with Gasteiger partial charge in [-0.2, -0.15) is 0 Å². The second-order valence-corrected chi connectivity index (χ2v) is 9.75. The number of carbonyl (C=O) groups is 1. The molecule has 5 nitrogen and oxygen atoms in total. The molecule has 0 saturated heterocycles. The highest BCUT2D eigenvalue weighted by Crippen LogP contribution is 2.53. The summed E-state index contributed by atoms with van der Waals surface area (Å²) in [7, 11) is 0. The molecule has 2 atom stereocenters. The number of aliphatic hydroxyl groups is 1. The van der Waals surface area contributed by atoms with Crippen LogP contribution in [0.4, 0.5) is 0 Å². The van der Waals surface area contributed by atoms with E-state index in [1.54, 1.807) is 6.20 Å². The number of nitrogens with zero attached hydrogens (tertiary/aromatic N) is 2. The Balaban J connectivity index is 1.53. The minimum atomic E-state index is -0.418. The maximum atomic E-state index is 11.9. The number of carbonyl (C=O) groups excluding carboxylic acids is 1. The lowest BCUT2D eigenvalue weighted by atomic mass is 9.57. The fourth-order valence-corrected chi connectivity index (χ4v) is 5.77. The number of amides is 1. The van der Waals surface area contributed by atoms with Crippen LogP contribution in [0.15, 0.2) is 6.20 Å². The highest BCUT2D eigenvalue weighted by molar-refractivity contribution is 5.93. The van der Waals surface area contributed by atoms with Crippen LogP contribution >= 0.6 is 0 Å². The fourth-order valence-electron chi connectivity index (χ4n) is 5.77. The van der Waals surface area contributed by atoms with Gasteiger partial charge in [-0.15, -0.1) is 0 Å². The number of hydrogen-bond donors (Lipinski definition) is 2. The molecule has 0 unspecified atom stereocenters. The molecule has 1 aromatic rings. The Hall–Kier alpha value is -1.49. The van der Waals surface area contributed by atoms with Gasteiger partial charge in [-0.05, 0) is 68.6 Å². The predicted molar refractivity (Wildman–Crippen MR) is 104 cm³/mol. The molecule has 0 radical (unpaired) electrons. The summed E-state index contributed by atoms with van der Waals surface area (Å²) in [5.41, 5.74) is 6.77. The van der Waals surface area contributed by atoms with E-state index in [9.17, 15) is 9.90 Å². The summed E-state index contributed by atoms with van der Waals surface area (Å²) in [5.74, 6) is 1.78. The minimum Gasteiger partial charge on any atom is -0.390 e. The van der Waals surface area contributed by atoms with Crippen molar-refractivity contribution in [2.75, 3.05) is 0 Å². The third-order valence-corrected chi connectivity index (χ3v) is 7.61. The zero-order valence-electron chi connectivity index (χ0n) is 16.5. The van der Waals surface area contributed by atoms with Crippen LogP contribution in [-0.4, -0.2) is 26.6 Å². The molecule has 1 heterocycles. The second kappa shape index (κ2) is 7.16. The van der Waals surface area contributed by atoms with E-state index in [0.717, 1.165) is 68.8 Å². The van der Waals surface area contributed by atoms with Crippen LogP contribution in [0.5, 0.6) is 0 Å². The van der Waals surface area contributed by atoms with Crippen LogP contribution in [0.3, 0.4) is 0 Å². The molecular formula is C22H33N3O2. The van der Waals surface area contributed by atoms with E-state index in [1.165, 1.54) is 25.7 Å². The predicted octanol–water partition coefficient (Wildman–Crippen LogP) is 3.57. The zero-order valence-corrected chi connectivity index (χ0v) is 16.5. The SMILES string of the molecule is C[C@H]1CCC[C@@H](Cc2nc(CC34CCC(O)(CC3)CC4)ncc2C(N)=O)C1. The summed E-state index contributed by atoms with van der Waals surface area (Å²) in [5, 5.41) is 10.5. The lowest BCUT2D eigenvalue weighted by Crippen LogP contribution is -2.47. The number of hydrogen-bond acceptors (Lipinski definition) is 4. The Morgan fingerprint density at radius 2 is 1.93 bits per heavy atom. The average Bonchev–Trinajstić information content (AvgIpc) is 2.63. The van der Waals surface area contributed by atoms with Crippen molar-refractivity contribution in [3.05, 3.63) is 23.3 Å². The quantitative estimate of drug-likeness (QED) is 0.828. The lowest BCUT2D eigenvalue weighted by Gasteiger charge is -2.50. The maximum Gasteiger partial charge on any atom is 0.252 e. The summed E-state index contributed by atoms with van der Waals surface area (Å²) < 4.78 is 0. The minimum absolute atomic E-state index is 0.231. The molecule has 4 fully saturated rings. The molecule has 1 aromatic heterocycles. The Morgan fingerprint density at radius 1 is 1.22 bits per heavy atom. The molecule has 5 heteroatoms. The van der Waals surface area contributed by atoms with Gasteiger partial charge in [0.2, 0.25) is 0 Å². The van der Waals surface area contributed by atoms with Gasteiger partial charge in [-0.1, -0.05) is 26.2 Å². The van der Waals surface area contributed by atoms with Crippen LogP contribution in [-0.2, 0) is 12.8 Å². The van der Waals surface area contributed by atoms with Gasteiger partial charge in [-0.25, -0.2) is 9.97 Å².